The summed E-state index contributed by atoms with van der Waals surface area (Å²) in [5, 5.41) is 0. The van der Waals surface area contributed by atoms with Crippen molar-refractivity contribution in [1.82, 2.24) is 4.90 Å². The number of rotatable bonds is 6. The Bertz CT molecular complexity index is 468. The second kappa shape index (κ2) is 7.78. The number of amides is 1. The number of carbonyl (C=O) groups excluding carboxylic acids is 2. The first-order valence-corrected chi connectivity index (χ1v) is 7.30. The molecule has 0 aromatic heterocycles. The lowest BCUT2D eigenvalue weighted by Crippen LogP contribution is -2.41. The van der Waals surface area contributed by atoms with Crippen LogP contribution in [-0.4, -0.2) is 42.6 Å². The van der Waals surface area contributed by atoms with Crippen LogP contribution in [0.4, 0.5) is 0 Å². The highest BCUT2D eigenvalue weighted by Crippen LogP contribution is 2.16. The van der Waals surface area contributed by atoms with E-state index in [9.17, 15) is 9.59 Å². The normalized spacial score (nSPS) is 17.5. The number of carbonyl (C=O) groups is 2. The van der Waals surface area contributed by atoms with Crippen LogP contribution in [0.1, 0.15) is 25.3 Å². The first-order valence-electron chi connectivity index (χ1n) is 7.30. The van der Waals surface area contributed by atoms with Gasteiger partial charge < -0.3 is 14.4 Å². The molecule has 0 N–H and O–H groups in total. The molecule has 0 bridgehead atoms. The zero-order chi connectivity index (χ0) is 15.1. The highest BCUT2D eigenvalue weighted by molar-refractivity contribution is 5.85. The van der Waals surface area contributed by atoms with Crippen LogP contribution in [0.3, 0.4) is 0 Å². The monoisotopic (exact) mass is 291 g/mol. The molecule has 21 heavy (non-hydrogen) atoms. The van der Waals surface area contributed by atoms with Crippen molar-refractivity contribution in [3.8, 4) is 0 Å². The molecule has 5 nitrogen and oxygen atoms in total. The lowest BCUT2D eigenvalue weighted by Gasteiger charge is -2.24. The van der Waals surface area contributed by atoms with E-state index in [2.05, 4.69) is 0 Å². The maximum absolute atomic E-state index is 12.5. The number of hydrogen-bond acceptors (Lipinski definition) is 4. The summed E-state index contributed by atoms with van der Waals surface area (Å²) in [5.41, 5.74) is 0.980. The van der Waals surface area contributed by atoms with Crippen molar-refractivity contribution in [2.75, 3.05) is 19.8 Å². The summed E-state index contributed by atoms with van der Waals surface area (Å²) in [6.07, 6.45) is 1.17. The fourth-order valence-electron chi connectivity index (χ4n) is 2.35. The minimum Gasteiger partial charge on any atom is -0.465 e. The third kappa shape index (κ3) is 4.56. The van der Waals surface area contributed by atoms with Crippen LogP contribution in [-0.2, 0) is 25.6 Å². The molecule has 0 spiro atoms. The van der Waals surface area contributed by atoms with Crippen molar-refractivity contribution >= 4 is 11.9 Å². The summed E-state index contributed by atoms with van der Waals surface area (Å²) in [7, 11) is 0. The molecular weight excluding hydrogens is 270 g/mol. The Labute approximate surface area is 124 Å². The third-order valence-electron chi connectivity index (χ3n) is 3.36. The van der Waals surface area contributed by atoms with Gasteiger partial charge in [-0.05, 0) is 25.3 Å². The molecule has 1 atom stereocenters. The zero-order valence-electron chi connectivity index (χ0n) is 12.3. The molecule has 0 radical (unpaired) electrons. The van der Waals surface area contributed by atoms with Gasteiger partial charge >= 0.3 is 5.97 Å². The van der Waals surface area contributed by atoms with Gasteiger partial charge in [0.25, 0.3) is 5.91 Å². The molecule has 1 aliphatic rings. The maximum atomic E-state index is 12.5. The van der Waals surface area contributed by atoms with Crippen molar-refractivity contribution in [3.63, 3.8) is 0 Å². The van der Waals surface area contributed by atoms with E-state index in [0.29, 0.717) is 26.2 Å². The smallest absolute Gasteiger partial charge is 0.325 e. The Kier molecular flexibility index (Phi) is 5.75. The number of ether oxygens (including phenoxy) is 2. The van der Waals surface area contributed by atoms with E-state index in [4.69, 9.17) is 9.47 Å². The molecule has 1 aromatic rings. The summed E-state index contributed by atoms with van der Waals surface area (Å²) in [5.74, 6) is -0.524. The van der Waals surface area contributed by atoms with Crippen molar-refractivity contribution < 1.29 is 19.1 Å². The number of esters is 1. The third-order valence-corrected chi connectivity index (χ3v) is 3.36. The molecule has 114 valence electrons. The summed E-state index contributed by atoms with van der Waals surface area (Å²) < 4.78 is 10.4. The van der Waals surface area contributed by atoms with Gasteiger partial charge in [0.2, 0.25) is 0 Å². The Morgan fingerprint density at radius 1 is 1.33 bits per heavy atom. The second-order valence-corrected chi connectivity index (χ2v) is 4.99. The molecule has 1 heterocycles. The predicted molar refractivity (Wildman–Crippen MR) is 77.5 cm³/mol. The van der Waals surface area contributed by atoms with E-state index >= 15 is 0 Å². The van der Waals surface area contributed by atoms with Gasteiger partial charge in [-0.1, -0.05) is 30.3 Å². The van der Waals surface area contributed by atoms with Gasteiger partial charge in [-0.2, -0.15) is 0 Å². The molecule has 2 rings (SSSR count). The van der Waals surface area contributed by atoms with Crippen LogP contribution in [0.5, 0.6) is 0 Å². The van der Waals surface area contributed by atoms with E-state index in [1.807, 2.05) is 30.3 Å². The molecule has 1 saturated heterocycles. The van der Waals surface area contributed by atoms with E-state index in [1.54, 1.807) is 6.92 Å². The van der Waals surface area contributed by atoms with Crippen molar-refractivity contribution in [2.45, 2.75) is 32.4 Å². The fraction of sp³-hybridized carbons (Fsp3) is 0.500. The van der Waals surface area contributed by atoms with Crippen molar-refractivity contribution in [1.29, 1.82) is 0 Å². The minimum absolute atomic E-state index is 0.0403. The minimum atomic E-state index is -0.428. The van der Waals surface area contributed by atoms with Crippen LogP contribution in [0.25, 0.3) is 0 Å². The first kappa shape index (κ1) is 15.5. The number of benzene rings is 1. The highest BCUT2D eigenvalue weighted by atomic mass is 16.5. The Balaban J connectivity index is 2.05. The zero-order valence-corrected chi connectivity index (χ0v) is 12.3. The molecule has 5 heteroatoms. The van der Waals surface area contributed by atoms with Gasteiger partial charge in [-0.25, -0.2) is 0 Å². The summed E-state index contributed by atoms with van der Waals surface area (Å²) in [6.45, 7) is 3.02. The SMILES string of the molecule is CCOC(=O)CN(Cc1ccccc1)C(=O)[C@@H]1CCCO1. The molecule has 0 saturated carbocycles. The molecular formula is C16H21NO4. The largest absolute Gasteiger partial charge is 0.465 e. The highest BCUT2D eigenvalue weighted by Gasteiger charge is 2.29. The standard InChI is InChI=1S/C16H21NO4/c1-2-20-15(18)12-17(11-13-7-4-3-5-8-13)16(19)14-9-6-10-21-14/h3-5,7-8,14H,2,6,9-12H2,1H3/t14-/m0/s1. The van der Waals surface area contributed by atoms with Gasteiger partial charge in [-0.3, -0.25) is 9.59 Å². The predicted octanol–water partition coefficient (Wildman–Crippen LogP) is 1.76. The Morgan fingerprint density at radius 2 is 2.10 bits per heavy atom. The summed E-state index contributed by atoms with van der Waals surface area (Å²) in [4.78, 5) is 25.7. The van der Waals surface area contributed by atoms with Crippen LogP contribution >= 0.6 is 0 Å². The van der Waals surface area contributed by atoms with E-state index in [-0.39, 0.29) is 18.4 Å². The van der Waals surface area contributed by atoms with E-state index < -0.39 is 6.10 Å². The Morgan fingerprint density at radius 3 is 2.71 bits per heavy atom. The average Bonchev–Trinajstić information content (AvgIpc) is 3.01. The van der Waals surface area contributed by atoms with Crippen LogP contribution in [0.2, 0.25) is 0 Å². The Hall–Kier alpha value is -1.88. The van der Waals surface area contributed by atoms with Gasteiger partial charge in [0.1, 0.15) is 12.6 Å². The lowest BCUT2D eigenvalue weighted by molar-refractivity contribution is -0.152. The van der Waals surface area contributed by atoms with Gasteiger partial charge in [-0.15, -0.1) is 0 Å². The topological polar surface area (TPSA) is 55.8 Å². The molecule has 0 unspecified atom stereocenters. The lowest BCUT2D eigenvalue weighted by atomic mass is 10.1. The van der Waals surface area contributed by atoms with Crippen LogP contribution in [0, 0.1) is 0 Å². The van der Waals surface area contributed by atoms with Gasteiger partial charge in [0.05, 0.1) is 6.61 Å². The number of hydrogen-bond donors (Lipinski definition) is 0. The molecule has 1 fully saturated rings. The number of nitrogens with zero attached hydrogens (tertiary/aromatic N) is 1. The maximum Gasteiger partial charge on any atom is 0.325 e. The second-order valence-electron chi connectivity index (χ2n) is 4.99. The molecule has 1 aromatic carbocycles. The molecule has 1 aliphatic heterocycles. The summed E-state index contributed by atoms with van der Waals surface area (Å²) in [6, 6.07) is 9.60. The van der Waals surface area contributed by atoms with Gasteiger partial charge in [0.15, 0.2) is 0 Å². The quantitative estimate of drug-likeness (QED) is 0.749. The van der Waals surface area contributed by atoms with Gasteiger partial charge in [0, 0.05) is 13.2 Å². The molecule has 0 aliphatic carbocycles. The first-order chi connectivity index (χ1) is 10.2. The van der Waals surface area contributed by atoms with E-state index in [0.717, 1.165) is 12.0 Å². The van der Waals surface area contributed by atoms with Crippen molar-refractivity contribution in [3.05, 3.63) is 35.9 Å². The summed E-state index contributed by atoms with van der Waals surface area (Å²) >= 11 is 0. The average molecular weight is 291 g/mol. The van der Waals surface area contributed by atoms with E-state index in [1.165, 1.54) is 4.90 Å². The van der Waals surface area contributed by atoms with Crippen LogP contribution < -0.4 is 0 Å². The fourth-order valence-corrected chi connectivity index (χ4v) is 2.35. The van der Waals surface area contributed by atoms with Crippen LogP contribution in [0.15, 0.2) is 30.3 Å². The van der Waals surface area contributed by atoms with Crippen molar-refractivity contribution in [2.24, 2.45) is 0 Å². The molecule has 1 amide bonds.